The summed E-state index contributed by atoms with van der Waals surface area (Å²) in [6.45, 7) is 2.97. The maximum atomic E-state index is 12.1. The number of amides is 1. The van der Waals surface area contributed by atoms with Gasteiger partial charge in [0.1, 0.15) is 5.60 Å². The normalized spacial score (nSPS) is 24.7. The number of thiophene rings is 1. The van der Waals surface area contributed by atoms with Crippen molar-refractivity contribution in [1.82, 2.24) is 4.90 Å². The highest BCUT2D eigenvalue weighted by atomic mass is 32.1. The number of carbonyl (C=O) groups is 1. The van der Waals surface area contributed by atoms with Crippen LogP contribution in [0.3, 0.4) is 0 Å². The minimum Gasteiger partial charge on any atom is -0.384 e. The van der Waals surface area contributed by atoms with Crippen LogP contribution in [0.5, 0.6) is 0 Å². The number of methoxy groups -OCH3 is 1. The Morgan fingerprint density at radius 3 is 3.16 bits per heavy atom. The summed E-state index contributed by atoms with van der Waals surface area (Å²) in [5.74, 6) is 0.637. The quantitative estimate of drug-likeness (QED) is 0.840. The van der Waals surface area contributed by atoms with Gasteiger partial charge in [0.05, 0.1) is 26.1 Å². The van der Waals surface area contributed by atoms with E-state index in [1.807, 2.05) is 21.7 Å². The van der Waals surface area contributed by atoms with Gasteiger partial charge in [-0.15, -0.1) is 0 Å². The van der Waals surface area contributed by atoms with Crippen molar-refractivity contribution in [2.45, 2.75) is 18.4 Å². The van der Waals surface area contributed by atoms with Crippen LogP contribution in [0.1, 0.15) is 12.0 Å². The number of likely N-dealkylation sites (tertiary alicyclic amines) is 1. The first-order chi connectivity index (χ1) is 9.23. The second-order valence-electron chi connectivity index (χ2n) is 5.41. The summed E-state index contributed by atoms with van der Waals surface area (Å²) in [4.78, 5) is 14.0. The van der Waals surface area contributed by atoms with Gasteiger partial charge >= 0.3 is 0 Å². The molecule has 0 bridgehead atoms. The Hall–Kier alpha value is -0.910. The van der Waals surface area contributed by atoms with Crippen LogP contribution in [0.4, 0.5) is 0 Å². The zero-order valence-corrected chi connectivity index (χ0v) is 11.9. The van der Waals surface area contributed by atoms with Crippen LogP contribution < -0.4 is 0 Å². The maximum Gasteiger partial charge on any atom is 0.227 e. The molecule has 0 aromatic carbocycles. The van der Waals surface area contributed by atoms with E-state index in [1.54, 1.807) is 18.4 Å². The minimum absolute atomic E-state index is 0.125. The second kappa shape index (κ2) is 5.23. The van der Waals surface area contributed by atoms with Crippen molar-refractivity contribution in [2.75, 3.05) is 33.4 Å². The fourth-order valence-corrected chi connectivity index (χ4v) is 3.70. The molecular weight excluding hydrogens is 262 g/mol. The highest BCUT2D eigenvalue weighted by molar-refractivity contribution is 7.07. The van der Waals surface area contributed by atoms with E-state index < -0.39 is 0 Å². The lowest BCUT2D eigenvalue weighted by Crippen LogP contribution is -2.66. The van der Waals surface area contributed by atoms with Crippen molar-refractivity contribution < 1.29 is 14.3 Å². The number of carbonyl (C=O) groups excluding carboxylic acids is 1. The van der Waals surface area contributed by atoms with Gasteiger partial charge in [-0.2, -0.15) is 11.3 Å². The molecule has 2 aliphatic rings. The SMILES string of the molecule is COCC1CCOC12CN(C(=O)Cc1ccsc1)C2. The van der Waals surface area contributed by atoms with Crippen molar-refractivity contribution in [3.05, 3.63) is 22.4 Å². The molecule has 2 saturated heterocycles. The van der Waals surface area contributed by atoms with Crippen molar-refractivity contribution in [3.8, 4) is 0 Å². The number of hydrogen-bond acceptors (Lipinski definition) is 4. The van der Waals surface area contributed by atoms with Gasteiger partial charge in [0.15, 0.2) is 0 Å². The highest BCUT2D eigenvalue weighted by Gasteiger charge is 2.54. The van der Waals surface area contributed by atoms with E-state index in [-0.39, 0.29) is 11.5 Å². The molecule has 1 aromatic heterocycles. The Kier molecular flexibility index (Phi) is 3.60. The van der Waals surface area contributed by atoms with Crippen LogP contribution in [0.25, 0.3) is 0 Å². The molecule has 0 aliphatic carbocycles. The Morgan fingerprint density at radius 1 is 1.63 bits per heavy atom. The molecule has 1 aromatic rings. The van der Waals surface area contributed by atoms with E-state index in [2.05, 4.69) is 0 Å². The zero-order chi connectivity index (χ0) is 13.3. The van der Waals surface area contributed by atoms with Gasteiger partial charge in [-0.25, -0.2) is 0 Å². The Balaban J connectivity index is 1.55. The number of hydrogen-bond donors (Lipinski definition) is 0. The van der Waals surface area contributed by atoms with Crippen molar-refractivity contribution in [1.29, 1.82) is 0 Å². The van der Waals surface area contributed by atoms with E-state index in [1.165, 1.54) is 0 Å². The third-order valence-electron chi connectivity index (χ3n) is 4.17. The fraction of sp³-hybridized carbons (Fsp3) is 0.643. The summed E-state index contributed by atoms with van der Waals surface area (Å²) in [6.07, 6.45) is 1.55. The van der Waals surface area contributed by atoms with E-state index >= 15 is 0 Å². The van der Waals surface area contributed by atoms with Crippen LogP contribution in [-0.4, -0.2) is 49.8 Å². The standard InChI is InChI=1S/C14H19NO3S/c1-17-7-12-2-4-18-14(12)9-15(10-14)13(16)6-11-3-5-19-8-11/h3,5,8,12H,2,4,6-7,9-10H2,1H3. The Labute approximate surface area is 117 Å². The zero-order valence-electron chi connectivity index (χ0n) is 11.1. The van der Waals surface area contributed by atoms with Crippen LogP contribution in [-0.2, 0) is 20.7 Å². The maximum absolute atomic E-state index is 12.1. The molecule has 2 aliphatic heterocycles. The molecular formula is C14H19NO3S. The fourth-order valence-electron chi connectivity index (χ4n) is 3.03. The third kappa shape index (κ3) is 2.42. The first-order valence-corrected chi connectivity index (χ1v) is 7.59. The summed E-state index contributed by atoms with van der Waals surface area (Å²) >= 11 is 1.63. The molecule has 1 unspecified atom stereocenters. The molecule has 0 N–H and O–H groups in total. The first-order valence-electron chi connectivity index (χ1n) is 6.65. The van der Waals surface area contributed by atoms with Gasteiger partial charge < -0.3 is 14.4 Å². The van der Waals surface area contributed by atoms with Gasteiger partial charge in [-0.05, 0) is 28.8 Å². The van der Waals surface area contributed by atoms with Gasteiger partial charge in [-0.1, -0.05) is 0 Å². The predicted octanol–water partition coefficient (Wildman–Crippen LogP) is 1.55. The van der Waals surface area contributed by atoms with Gasteiger partial charge in [0.25, 0.3) is 0 Å². The van der Waals surface area contributed by atoms with Gasteiger partial charge in [-0.3, -0.25) is 4.79 Å². The molecule has 0 saturated carbocycles. The Morgan fingerprint density at radius 2 is 2.47 bits per heavy atom. The first kappa shape index (κ1) is 13.1. The lowest BCUT2D eigenvalue weighted by atomic mass is 9.81. The van der Waals surface area contributed by atoms with Crippen LogP contribution in [0.2, 0.25) is 0 Å². The number of ether oxygens (including phenoxy) is 2. The molecule has 3 rings (SSSR count). The third-order valence-corrected chi connectivity index (χ3v) is 4.90. The smallest absolute Gasteiger partial charge is 0.227 e. The summed E-state index contributed by atoms with van der Waals surface area (Å²) in [6, 6.07) is 2.01. The van der Waals surface area contributed by atoms with Crippen molar-refractivity contribution >= 4 is 17.2 Å². The van der Waals surface area contributed by atoms with Gasteiger partial charge in [0, 0.05) is 19.6 Å². The predicted molar refractivity (Wildman–Crippen MR) is 73.3 cm³/mol. The molecule has 3 heterocycles. The highest BCUT2D eigenvalue weighted by Crippen LogP contribution is 2.40. The average molecular weight is 281 g/mol. The lowest BCUT2D eigenvalue weighted by molar-refractivity contribution is -0.167. The van der Waals surface area contributed by atoms with E-state index in [4.69, 9.17) is 9.47 Å². The second-order valence-corrected chi connectivity index (χ2v) is 6.19. The number of rotatable bonds is 4. The molecule has 1 atom stereocenters. The minimum atomic E-state index is -0.125. The van der Waals surface area contributed by atoms with Crippen LogP contribution in [0, 0.1) is 5.92 Å². The van der Waals surface area contributed by atoms with E-state index in [0.717, 1.165) is 38.3 Å². The molecule has 104 valence electrons. The van der Waals surface area contributed by atoms with Crippen molar-refractivity contribution in [3.63, 3.8) is 0 Å². The van der Waals surface area contributed by atoms with Crippen LogP contribution in [0.15, 0.2) is 16.8 Å². The monoisotopic (exact) mass is 281 g/mol. The van der Waals surface area contributed by atoms with Crippen LogP contribution >= 0.6 is 11.3 Å². The number of nitrogens with zero attached hydrogens (tertiary/aromatic N) is 1. The molecule has 0 radical (unpaired) electrons. The molecule has 5 heteroatoms. The molecule has 19 heavy (non-hydrogen) atoms. The molecule has 1 amide bonds. The van der Waals surface area contributed by atoms with Crippen molar-refractivity contribution in [2.24, 2.45) is 5.92 Å². The summed E-state index contributed by atoms with van der Waals surface area (Å²) in [7, 11) is 1.73. The molecule has 1 spiro atoms. The summed E-state index contributed by atoms with van der Waals surface area (Å²) < 4.78 is 11.1. The topological polar surface area (TPSA) is 38.8 Å². The molecule has 2 fully saturated rings. The Bertz CT molecular complexity index is 440. The molecule has 4 nitrogen and oxygen atoms in total. The largest absolute Gasteiger partial charge is 0.384 e. The summed E-state index contributed by atoms with van der Waals surface area (Å²) in [5.41, 5.74) is 0.983. The van der Waals surface area contributed by atoms with E-state index in [9.17, 15) is 4.79 Å². The van der Waals surface area contributed by atoms with Gasteiger partial charge in [0.2, 0.25) is 5.91 Å². The summed E-state index contributed by atoms with van der Waals surface area (Å²) in [5, 5.41) is 4.04. The lowest BCUT2D eigenvalue weighted by Gasteiger charge is -2.50. The van der Waals surface area contributed by atoms with E-state index in [0.29, 0.717) is 12.3 Å². The average Bonchev–Trinajstić information content (AvgIpc) is 2.96.